The fourth-order valence-corrected chi connectivity index (χ4v) is 1.77. The molecule has 1 unspecified atom stereocenters. The Balaban J connectivity index is 2.95. The summed E-state index contributed by atoms with van der Waals surface area (Å²) < 4.78 is 0. The predicted molar refractivity (Wildman–Crippen MR) is 71.3 cm³/mol. The van der Waals surface area contributed by atoms with Crippen molar-refractivity contribution in [1.29, 1.82) is 0 Å². The predicted octanol–water partition coefficient (Wildman–Crippen LogP) is 1.57. The number of hydrogen-bond acceptors (Lipinski definition) is 4. The summed E-state index contributed by atoms with van der Waals surface area (Å²) in [7, 11) is 1.94. The van der Waals surface area contributed by atoms with Gasteiger partial charge in [-0.15, -0.1) is 0 Å². The summed E-state index contributed by atoms with van der Waals surface area (Å²) in [5, 5.41) is 12.3. The Morgan fingerprint density at radius 2 is 2.12 bits per heavy atom. The molecule has 0 amide bonds. The zero-order valence-electron chi connectivity index (χ0n) is 11.1. The van der Waals surface area contributed by atoms with E-state index in [1.807, 2.05) is 19.3 Å². The van der Waals surface area contributed by atoms with Crippen LogP contribution in [0.5, 0.6) is 0 Å². The van der Waals surface area contributed by atoms with Gasteiger partial charge in [-0.1, -0.05) is 0 Å². The highest BCUT2D eigenvalue weighted by Gasteiger charge is 2.12. The summed E-state index contributed by atoms with van der Waals surface area (Å²) in [6.07, 6.45) is 1.82. The Hall–Kier alpha value is -1.13. The summed E-state index contributed by atoms with van der Waals surface area (Å²) in [4.78, 5) is 6.49. The molecule has 0 spiro atoms. The first-order valence-corrected chi connectivity index (χ1v) is 6.10. The number of rotatable bonds is 6. The number of hydrogen-bond donors (Lipinski definition) is 2. The maximum Gasteiger partial charge on any atom is 0.129 e. The van der Waals surface area contributed by atoms with Crippen molar-refractivity contribution in [1.82, 2.24) is 10.3 Å². The Kier molecular flexibility index (Phi) is 5.38. The molecular weight excluding hydrogens is 214 g/mol. The number of aromatic nitrogens is 1. The van der Waals surface area contributed by atoms with E-state index in [0.717, 1.165) is 5.82 Å². The third-order valence-electron chi connectivity index (χ3n) is 2.96. The van der Waals surface area contributed by atoms with E-state index in [1.165, 1.54) is 5.56 Å². The number of nitrogens with one attached hydrogen (secondary N) is 1. The standard InChI is InChI=1S/C13H23N3O/c1-10(2)16(7-8-17)13-9-12(5-6-15-13)11(3)14-4/h5-6,9-11,14,17H,7-8H2,1-4H3. The van der Waals surface area contributed by atoms with Crippen LogP contribution in [-0.4, -0.2) is 36.3 Å². The molecule has 1 atom stereocenters. The fraction of sp³-hybridized carbons (Fsp3) is 0.615. The molecule has 0 aromatic carbocycles. The van der Waals surface area contributed by atoms with Gasteiger partial charge in [-0.2, -0.15) is 0 Å². The minimum Gasteiger partial charge on any atom is -0.395 e. The van der Waals surface area contributed by atoms with Crippen molar-refractivity contribution in [2.24, 2.45) is 0 Å². The first kappa shape index (κ1) is 13.9. The topological polar surface area (TPSA) is 48.4 Å². The second-order valence-electron chi connectivity index (χ2n) is 4.47. The normalized spacial score (nSPS) is 12.8. The summed E-state index contributed by atoms with van der Waals surface area (Å²) in [5.74, 6) is 0.925. The SMILES string of the molecule is CNC(C)c1ccnc(N(CCO)C(C)C)c1. The van der Waals surface area contributed by atoms with Crippen LogP contribution in [0, 0.1) is 0 Å². The second kappa shape index (κ2) is 6.57. The number of pyridine rings is 1. The Bertz CT molecular complexity index is 341. The molecule has 0 fully saturated rings. The van der Waals surface area contributed by atoms with E-state index >= 15 is 0 Å². The molecule has 0 saturated carbocycles. The molecule has 0 aliphatic carbocycles. The highest BCUT2D eigenvalue weighted by Crippen LogP contribution is 2.19. The number of aliphatic hydroxyl groups excluding tert-OH is 1. The van der Waals surface area contributed by atoms with Crippen molar-refractivity contribution in [2.75, 3.05) is 25.1 Å². The minimum atomic E-state index is 0.145. The third kappa shape index (κ3) is 3.68. The number of aliphatic hydroxyl groups is 1. The molecule has 1 aromatic rings. The monoisotopic (exact) mass is 237 g/mol. The van der Waals surface area contributed by atoms with Crippen molar-refractivity contribution in [2.45, 2.75) is 32.9 Å². The van der Waals surface area contributed by atoms with Gasteiger partial charge in [-0.3, -0.25) is 0 Å². The number of nitrogens with zero attached hydrogens (tertiary/aromatic N) is 2. The van der Waals surface area contributed by atoms with Crippen LogP contribution in [0.3, 0.4) is 0 Å². The van der Waals surface area contributed by atoms with Crippen molar-refractivity contribution in [3.8, 4) is 0 Å². The lowest BCUT2D eigenvalue weighted by Crippen LogP contribution is -2.34. The van der Waals surface area contributed by atoms with E-state index < -0.39 is 0 Å². The van der Waals surface area contributed by atoms with Crippen LogP contribution in [-0.2, 0) is 0 Å². The number of anilines is 1. The maximum absolute atomic E-state index is 9.09. The average molecular weight is 237 g/mol. The van der Waals surface area contributed by atoms with Crippen molar-refractivity contribution < 1.29 is 5.11 Å². The molecule has 0 bridgehead atoms. The van der Waals surface area contributed by atoms with Crippen molar-refractivity contribution in [3.63, 3.8) is 0 Å². The molecule has 4 heteroatoms. The molecule has 0 radical (unpaired) electrons. The van der Waals surface area contributed by atoms with E-state index in [0.29, 0.717) is 18.6 Å². The highest BCUT2D eigenvalue weighted by atomic mass is 16.3. The van der Waals surface area contributed by atoms with Gasteiger partial charge >= 0.3 is 0 Å². The molecule has 17 heavy (non-hydrogen) atoms. The summed E-state index contributed by atoms with van der Waals surface area (Å²) in [6.45, 7) is 7.08. The smallest absolute Gasteiger partial charge is 0.129 e. The lowest BCUT2D eigenvalue weighted by molar-refractivity contribution is 0.298. The fourth-order valence-electron chi connectivity index (χ4n) is 1.77. The van der Waals surface area contributed by atoms with Gasteiger partial charge in [0.05, 0.1) is 6.61 Å². The first-order chi connectivity index (χ1) is 8.10. The molecule has 1 heterocycles. The summed E-state index contributed by atoms with van der Waals surface area (Å²) >= 11 is 0. The summed E-state index contributed by atoms with van der Waals surface area (Å²) in [6, 6.07) is 4.73. The lowest BCUT2D eigenvalue weighted by atomic mass is 10.1. The Morgan fingerprint density at radius 3 is 2.65 bits per heavy atom. The zero-order chi connectivity index (χ0) is 12.8. The van der Waals surface area contributed by atoms with Crippen LogP contribution in [0.2, 0.25) is 0 Å². The molecule has 4 nitrogen and oxygen atoms in total. The lowest BCUT2D eigenvalue weighted by Gasteiger charge is -2.27. The molecule has 1 rings (SSSR count). The molecule has 96 valence electrons. The molecule has 1 aromatic heterocycles. The Labute approximate surface area is 104 Å². The molecular formula is C13H23N3O. The Morgan fingerprint density at radius 1 is 1.41 bits per heavy atom. The van der Waals surface area contributed by atoms with Crippen LogP contribution in [0.25, 0.3) is 0 Å². The van der Waals surface area contributed by atoms with Crippen LogP contribution in [0.1, 0.15) is 32.4 Å². The molecule has 0 aliphatic heterocycles. The molecule has 0 saturated heterocycles. The molecule has 2 N–H and O–H groups in total. The third-order valence-corrected chi connectivity index (χ3v) is 2.96. The van der Waals surface area contributed by atoms with Gasteiger partial charge in [-0.05, 0) is 45.5 Å². The minimum absolute atomic E-state index is 0.145. The molecule has 0 aliphatic rings. The van der Waals surface area contributed by atoms with Gasteiger partial charge < -0.3 is 15.3 Å². The van der Waals surface area contributed by atoms with Crippen LogP contribution in [0.15, 0.2) is 18.3 Å². The second-order valence-corrected chi connectivity index (χ2v) is 4.47. The first-order valence-electron chi connectivity index (χ1n) is 6.10. The van der Waals surface area contributed by atoms with E-state index in [1.54, 1.807) is 0 Å². The maximum atomic E-state index is 9.09. The summed E-state index contributed by atoms with van der Waals surface area (Å²) in [5.41, 5.74) is 1.21. The van der Waals surface area contributed by atoms with Crippen LogP contribution >= 0.6 is 0 Å². The van der Waals surface area contributed by atoms with E-state index in [4.69, 9.17) is 5.11 Å². The van der Waals surface area contributed by atoms with Gasteiger partial charge in [0, 0.05) is 24.8 Å². The average Bonchev–Trinajstić information content (AvgIpc) is 2.34. The van der Waals surface area contributed by atoms with Crippen LogP contribution in [0.4, 0.5) is 5.82 Å². The largest absolute Gasteiger partial charge is 0.395 e. The van der Waals surface area contributed by atoms with Crippen LogP contribution < -0.4 is 10.2 Å². The van der Waals surface area contributed by atoms with E-state index in [-0.39, 0.29) is 6.61 Å². The van der Waals surface area contributed by atoms with Gasteiger partial charge in [0.15, 0.2) is 0 Å². The van der Waals surface area contributed by atoms with Gasteiger partial charge in [0.2, 0.25) is 0 Å². The quantitative estimate of drug-likeness (QED) is 0.788. The van der Waals surface area contributed by atoms with E-state index in [9.17, 15) is 0 Å². The van der Waals surface area contributed by atoms with Gasteiger partial charge in [-0.25, -0.2) is 4.98 Å². The van der Waals surface area contributed by atoms with E-state index in [2.05, 4.69) is 42.0 Å². The van der Waals surface area contributed by atoms with Gasteiger partial charge in [0.1, 0.15) is 5.82 Å². The van der Waals surface area contributed by atoms with Crippen molar-refractivity contribution in [3.05, 3.63) is 23.9 Å². The zero-order valence-corrected chi connectivity index (χ0v) is 11.1. The van der Waals surface area contributed by atoms with Crippen molar-refractivity contribution >= 4 is 5.82 Å². The highest BCUT2D eigenvalue weighted by molar-refractivity contribution is 5.42. The van der Waals surface area contributed by atoms with Gasteiger partial charge in [0.25, 0.3) is 0 Å².